The van der Waals surface area contributed by atoms with Gasteiger partial charge < -0.3 is 20.3 Å². The Morgan fingerprint density at radius 1 is 1.53 bits per heavy atom. The van der Waals surface area contributed by atoms with Crippen LogP contribution in [0.5, 0.6) is 0 Å². The zero-order valence-electron chi connectivity index (χ0n) is 9.66. The van der Waals surface area contributed by atoms with Crippen LogP contribution < -0.4 is 10.6 Å². The van der Waals surface area contributed by atoms with Gasteiger partial charge in [-0.1, -0.05) is 0 Å². The van der Waals surface area contributed by atoms with E-state index in [-0.39, 0.29) is 18.5 Å². The fraction of sp³-hybridized carbons (Fsp3) is 0.778. The third kappa shape index (κ3) is 7.10. The molecule has 0 aliphatic heterocycles. The van der Waals surface area contributed by atoms with Gasteiger partial charge in [0.1, 0.15) is 0 Å². The number of carbonyl (C=O) groups is 1. The highest BCUT2D eigenvalue weighted by Gasteiger charge is 2.06. The molecule has 2 N–H and O–H groups in total. The number of ether oxygens (including phenoxy) is 1. The SMILES string of the molecule is COCC(C)NC(=S)NCC(=O)N(C)C. The Kier molecular flexibility index (Phi) is 6.98. The first-order valence-corrected chi connectivity index (χ1v) is 5.11. The fourth-order valence-corrected chi connectivity index (χ4v) is 1.15. The molecule has 1 unspecified atom stereocenters. The Bertz CT molecular complexity index is 221. The maximum Gasteiger partial charge on any atom is 0.241 e. The van der Waals surface area contributed by atoms with Gasteiger partial charge in [0, 0.05) is 27.2 Å². The summed E-state index contributed by atoms with van der Waals surface area (Å²) in [5.74, 6) is -0.0152. The van der Waals surface area contributed by atoms with E-state index in [2.05, 4.69) is 10.6 Å². The summed E-state index contributed by atoms with van der Waals surface area (Å²) in [6.45, 7) is 2.73. The van der Waals surface area contributed by atoms with Gasteiger partial charge in [-0.05, 0) is 19.1 Å². The summed E-state index contributed by atoms with van der Waals surface area (Å²) >= 11 is 5.00. The number of hydrogen-bond donors (Lipinski definition) is 2. The molecule has 0 saturated heterocycles. The smallest absolute Gasteiger partial charge is 0.241 e. The van der Waals surface area contributed by atoms with Crippen molar-refractivity contribution in [1.82, 2.24) is 15.5 Å². The van der Waals surface area contributed by atoms with Crippen molar-refractivity contribution in [3.05, 3.63) is 0 Å². The number of nitrogens with zero attached hydrogens (tertiary/aromatic N) is 1. The van der Waals surface area contributed by atoms with Crippen LogP contribution in [0.1, 0.15) is 6.92 Å². The zero-order chi connectivity index (χ0) is 11.8. The summed E-state index contributed by atoms with van der Waals surface area (Å²) in [5.41, 5.74) is 0. The summed E-state index contributed by atoms with van der Waals surface area (Å²) in [5, 5.41) is 6.29. The predicted octanol–water partition coefficient (Wildman–Crippen LogP) is -0.426. The molecule has 0 aromatic heterocycles. The molecular formula is C9H19N3O2S. The van der Waals surface area contributed by atoms with Crippen LogP contribution in [0, 0.1) is 0 Å². The van der Waals surface area contributed by atoms with Crippen molar-refractivity contribution in [3.8, 4) is 0 Å². The van der Waals surface area contributed by atoms with Gasteiger partial charge in [-0.25, -0.2) is 0 Å². The summed E-state index contributed by atoms with van der Waals surface area (Å²) in [6.07, 6.45) is 0. The summed E-state index contributed by atoms with van der Waals surface area (Å²) in [6, 6.07) is 0.129. The van der Waals surface area contributed by atoms with Gasteiger partial charge in [0.2, 0.25) is 5.91 Å². The van der Waals surface area contributed by atoms with E-state index in [0.29, 0.717) is 11.7 Å². The van der Waals surface area contributed by atoms with Gasteiger partial charge in [0.15, 0.2) is 5.11 Å². The van der Waals surface area contributed by atoms with Crippen molar-refractivity contribution in [2.24, 2.45) is 0 Å². The molecule has 0 aliphatic carbocycles. The Hall–Kier alpha value is -0.880. The number of thiocarbonyl (C=S) groups is 1. The van der Waals surface area contributed by atoms with Gasteiger partial charge in [-0.2, -0.15) is 0 Å². The fourth-order valence-electron chi connectivity index (χ4n) is 0.880. The second kappa shape index (κ2) is 7.42. The first-order valence-electron chi connectivity index (χ1n) is 4.70. The van der Waals surface area contributed by atoms with Crippen LogP contribution in [-0.4, -0.2) is 56.3 Å². The largest absolute Gasteiger partial charge is 0.383 e. The Labute approximate surface area is 96.2 Å². The van der Waals surface area contributed by atoms with Gasteiger partial charge >= 0.3 is 0 Å². The minimum Gasteiger partial charge on any atom is -0.383 e. The molecule has 1 amide bonds. The van der Waals surface area contributed by atoms with Crippen molar-refractivity contribution in [2.75, 3.05) is 34.4 Å². The van der Waals surface area contributed by atoms with E-state index < -0.39 is 0 Å². The highest BCUT2D eigenvalue weighted by Crippen LogP contribution is 1.83. The van der Waals surface area contributed by atoms with E-state index in [1.807, 2.05) is 6.92 Å². The number of likely N-dealkylation sites (N-methyl/N-ethyl adjacent to an activating group) is 1. The van der Waals surface area contributed by atoms with E-state index >= 15 is 0 Å². The lowest BCUT2D eigenvalue weighted by Crippen LogP contribution is -2.45. The summed E-state index contributed by atoms with van der Waals surface area (Å²) in [4.78, 5) is 12.7. The molecule has 0 fully saturated rings. The standard InChI is InChI=1S/C9H19N3O2S/c1-7(6-14-4)11-9(15)10-5-8(13)12(2)3/h7H,5-6H2,1-4H3,(H2,10,11,15). The van der Waals surface area contributed by atoms with Crippen molar-refractivity contribution >= 4 is 23.2 Å². The van der Waals surface area contributed by atoms with Crippen LogP contribution in [0.2, 0.25) is 0 Å². The summed E-state index contributed by atoms with van der Waals surface area (Å²) in [7, 11) is 5.03. The Morgan fingerprint density at radius 3 is 2.60 bits per heavy atom. The molecule has 0 radical (unpaired) electrons. The molecule has 0 aromatic carbocycles. The number of carbonyl (C=O) groups excluding carboxylic acids is 1. The van der Waals surface area contributed by atoms with E-state index in [9.17, 15) is 4.79 Å². The maximum atomic E-state index is 11.2. The molecule has 0 saturated carbocycles. The number of methoxy groups -OCH3 is 1. The van der Waals surface area contributed by atoms with Crippen LogP contribution >= 0.6 is 12.2 Å². The zero-order valence-corrected chi connectivity index (χ0v) is 10.5. The Morgan fingerprint density at radius 2 is 2.13 bits per heavy atom. The molecule has 6 heteroatoms. The molecule has 0 heterocycles. The van der Waals surface area contributed by atoms with Crippen LogP contribution in [-0.2, 0) is 9.53 Å². The third-order valence-electron chi connectivity index (χ3n) is 1.69. The van der Waals surface area contributed by atoms with Crippen LogP contribution in [0.4, 0.5) is 0 Å². The van der Waals surface area contributed by atoms with Gasteiger partial charge in [-0.15, -0.1) is 0 Å². The maximum absolute atomic E-state index is 11.2. The molecule has 0 bridgehead atoms. The number of nitrogens with one attached hydrogen (secondary N) is 2. The van der Waals surface area contributed by atoms with Crippen molar-refractivity contribution in [3.63, 3.8) is 0 Å². The molecule has 0 aliphatic rings. The van der Waals surface area contributed by atoms with Crippen LogP contribution in [0.15, 0.2) is 0 Å². The molecule has 88 valence electrons. The molecule has 0 rings (SSSR count). The molecule has 0 spiro atoms. The summed E-state index contributed by atoms with van der Waals surface area (Å²) < 4.78 is 4.94. The average molecular weight is 233 g/mol. The third-order valence-corrected chi connectivity index (χ3v) is 1.96. The molecule has 1 atom stereocenters. The first kappa shape index (κ1) is 14.1. The molecule has 15 heavy (non-hydrogen) atoms. The molecule has 5 nitrogen and oxygen atoms in total. The first-order chi connectivity index (χ1) is 6.97. The number of amides is 1. The van der Waals surface area contributed by atoms with Crippen LogP contribution in [0.25, 0.3) is 0 Å². The van der Waals surface area contributed by atoms with E-state index in [1.165, 1.54) is 4.90 Å². The highest BCUT2D eigenvalue weighted by atomic mass is 32.1. The molecule has 0 aromatic rings. The van der Waals surface area contributed by atoms with Gasteiger partial charge in [0.25, 0.3) is 0 Å². The van der Waals surface area contributed by atoms with Crippen molar-refractivity contribution in [1.29, 1.82) is 0 Å². The highest BCUT2D eigenvalue weighted by molar-refractivity contribution is 7.80. The van der Waals surface area contributed by atoms with Crippen molar-refractivity contribution in [2.45, 2.75) is 13.0 Å². The second-order valence-electron chi connectivity index (χ2n) is 3.47. The predicted molar refractivity (Wildman–Crippen MR) is 63.8 cm³/mol. The topological polar surface area (TPSA) is 53.6 Å². The lowest BCUT2D eigenvalue weighted by molar-refractivity contribution is -0.127. The van der Waals surface area contributed by atoms with E-state index in [1.54, 1.807) is 21.2 Å². The number of hydrogen-bond acceptors (Lipinski definition) is 3. The van der Waals surface area contributed by atoms with Crippen LogP contribution in [0.3, 0.4) is 0 Å². The van der Waals surface area contributed by atoms with E-state index in [4.69, 9.17) is 17.0 Å². The lowest BCUT2D eigenvalue weighted by atomic mass is 10.4. The normalized spacial score (nSPS) is 11.7. The van der Waals surface area contributed by atoms with E-state index in [0.717, 1.165) is 0 Å². The number of rotatable bonds is 5. The van der Waals surface area contributed by atoms with Crippen molar-refractivity contribution < 1.29 is 9.53 Å². The quantitative estimate of drug-likeness (QED) is 0.631. The van der Waals surface area contributed by atoms with Gasteiger partial charge in [0.05, 0.1) is 13.2 Å². The molecular weight excluding hydrogens is 214 g/mol. The minimum atomic E-state index is -0.0152. The second-order valence-corrected chi connectivity index (χ2v) is 3.88. The average Bonchev–Trinajstić information content (AvgIpc) is 2.14. The van der Waals surface area contributed by atoms with Gasteiger partial charge in [-0.3, -0.25) is 4.79 Å². The minimum absolute atomic E-state index is 0.0152. The lowest BCUT2D eigenvalue weighted by Gasteiger charge is -2.17. The Balaban J connectivity index is 3.70. The monoisotopic (exact) mass is 233 g/mol.